The van der Waals surface area contributed by atoms with Crippen molar-refractivity contribution in [3.8, 4) is 0 Å². The second-order valence-electron chi connectivity index (χ2n) is 4.21. The van der Waals surface area contributed by atoms with E-state index in [2.05, 4.69) is 5.32 Å². The van der Waals surface area contributed by atoms with Gasteiger partial charge in [0.15, 0.2) is 0 Å². The van der Waals surface area contributed by atoms with E-state index in [1.165, 1.54) is 17.8 Å². The van der Waals surface area contributed by atoms with E-state index < -0.39 is 11.7 Å². The van der Waals surface area contributed by atoms with Crippen LogP contribution in [0.25, 0.3) is 0 Å². The molecule has 2 N–H and O–H groups in total. The summed E-state index contributed by atoms with van der Waals surface area (Å²) in [6.07, 6.45) is 0. The van der Waals surface area contributed by atoms with Crippen molar-refractivity contribution in [3.05, 3.63) is 22.7 Å². The quantitative estimate of drug-likeness (QED) is 0.657. The first-order valence-corrected chi connectivity index (χ1v) is 6.82. The van der Waals surface area contributed by atoms with E-state index in [-0.39, 0.29) is 12.5 Å². The summed E-state index contributed by atoms with van der Waals surface area (Å²) in [5.74, 6) is -0.286. The lowest BCUT2D eigenvalue weighted by Gasteiger charge is -2.09. The highest BCUT2D eigenvalue weighted by molar-refractivity contribution is 7.99. The number of thioether (sulfide) groups is 1. The van der Waals surface area contributed by atoms with Crippen molar-refractivity contribution in [3.63, 3.8) is 0 Å². The number of ketones is 1. The average Bonchev–Trinajstić information content (AvgIpc) is 2.62. The van der Waals surface area contributed by atoms with E-state index in [9.17, 15) is 9.59 Å². The van der Waals surface area contributed by atoms with Crippen molar-refractivity contribution in [2.75, 3.05) is 17.7 Å². The lowest BCUT2D eigenvalue weighted by Crippen LogP contribution is -2.12. The average molecular weight is 286 g/mol. The summed E-state index contributed by atoms with van der Waals surface area (Å²) >= 11 is 7.57. The maximum Gasteiger partial charge on any atom is 0.296 e. The maximum atomic E-state index is 11.5. The number of Topliss-reactive ketones (excluding diaryl/α,β-unsaturated/α-hetero) is 1. The number of aliphatic hydroxyl groups is 1. The van der Waals surface area contributed by atoms with Crippen LogP contribution >= 0.6 is 23.4 Å². The molecule has 18 heavy (non-hydrogen) atoms. The van der Waals surface area contributed by atoms with Crippen molar-refractivity contribution in [2.45, 2.75) is 11.8 Å². The van der Waals surface area contributed by atoms with Gasteiger partial charge < -0.3 is 10.4 Å². The van der Waals surface area contributed by atoms with Gasteiger partial charge in [0.25, 0.3) is 11.7 Å². The Bertz CT molecular complexity index is 518. The number of benzene rings is 1. The zero-order valence-corrected chi connectivity index (χ0v) is 11.3. The maximum absolute atomic E-state index is 11.5. The van der Waals surface area contributed by atoms with Crippen LogP contribution in [0.1, 0.15) is 17.3 Å². The van der Waals surface area contributed by atoms with Gasteiger partial charge in [-0.15, -0.1) is 11.8 Å². The van der Waals surface area contributed by atoms with Crippen LogP contribution in [0.4, 0.5) is 5.69 Å². The molecule has 4 nitrogen and oxygen atoms in total. The van der Waals surface area contributed by atoms with Gasteiger partial charge in [-0.25, -0.2) is 0 Å². The van der Waals surface area contributed by atoms with Crippen molar-refractivity contribution in [2.24, 2.45) is 5.92 Å². The third kappa shape index (κ3) is 2.53. The molecule has 96 valence electrons. The summed E-state index contributed by atoms with van der Waals surface area (Å²) in [6, 6.07) is 3.22. The largest absolute Gasteiger partial charge is 0.396 e. The Labute approximate surface area is 114 Å². The number of halogens is 1. The smallest absolute Gasteiger partial charge is 0.296 e. The van der Waals surface area contributed by atoms with Crippen LogP contribution in [0.3, 0.4) is 0 Å². The van der Waals surface area contributed by atoms with E-state index >= 15 is 0 Å². The first-order valence-electron chi connectivity index (χ1n) is 5.45. The number of nitrogens with one attached hydrogen (secondary N) is 1. The van der Waals surface area contributed by atoms with Crippen molar-refractivity contribution >= 4 is 40.7 Å². The third-order valence-corrected chi connectivity index (χ3v) is 4.42. The molecule has 1 aliphatic rings. The van der Waals surface area contributed by atoms with Crippen molar-refractivity contribution in [1.29, 1.82) is 0 Å². The Hall–Kier alpha value is -1.04. The zero-order chi connectivity index (χ0) is 13.3. The second kappa shape index (κ2) is 5.30. The molecule has 0 aromatic heterocycles. The number of anilines is 1. The van der Waals surface area contributed by atoms with Gasteiger partial charge in [0, 0.05) is 17.3 Å². The van der Waals surface area contributed by atoms with Crippen molar-refractivity contribution < 1.29 is 14.7 Å². The van der Waals surface area contributed by atoms with Gasteiger partial charge in [-0.1, -0.05) is 18.5 Å². The van der Waals surface area contributed by atoms with Gasteiger partial charge in [-0.2, -0.15) is 0 Å². The van der Waals surface area contributed by atoms with Gasteiger partial charge in [0.05, 0.1) is 16.3 Å². The Morgan fingerprint density at radius 3 is 2.83 bits per heavy atom. The summed E-state index contributed by atoms with van der Waals surface area (Å²) in [6.45, 7) is 2.05. The molecular formula is C12H12ClNO3S. The summed E-state index contributed by atoms with van der Waals surface area (Å²) in [5.41, 5.74) is 0.832. The second-order valence-corrected chi connectivity index (χ2v) is 5.68. The lowest BCUT2D eigenvalue weighted by molar-refractivity contribution is -0.112. The van der Waals surface area contributed by atoms with Crippen LogP contribution in [-0.4, -0.2) is 29.2 Å². The molecule has 2 rings (SSSR count). The first-order chi connectivity index (χ1) is 8.52. The highest BCUT2D eigenvalue weighted by Gasteiger charge is 2.29. The van der Waals surface area contributed by atoms with Gasteiger partial charge >= 0.3 is 0 Å². The van der Waals surface area contributed by atoms with E-state index in [1.807, 2.05) is 6.92 Å². The number of rotatable bonds is 4. The van der Waals surface area contributed by atoms with E-state index in [4.69, 9.17) is 16.7 Å². The van der Waals surface area contributed by atoms with Crippen LogP contribution in [0.15, 0.2) is 17.0 Å². The van der Waals surface area contributed by atoms with Gasteiger partial charge in [-0.05, 0) is 18.1 Å². The van der Waals surface area contributed by atoms with E-state index in [1.54, 1.807) is 6.07 Å². The number of fused-ring (bicyclic) bond motifs is 1. The van der Waals surface area contributed by atoms with E-state index in [0.717, 1.165) is 10.6 Å². The first kappa shape index (κ1) is 13.4. The lowest BCUT2D eigenvalue weighted by atomic mass is 10.1. The number of hydrogen-bond acceptors (Lipinski definition) is 4. The highest BCUT2D eigenvalue weighted by atomic mass is 35.5. The van der Waals surface area contributed by atoms with Crippen LogP contribution in [0.2, 0.25) is 5.02 Å². The SMILES string of the molecule is CC(CO)CSc1cc2c(cc1Cl)C(=O)C(=O)N2. The molecule has 1 unspecified atom stereocenters. The predicted molar refractivity (Wildman–Crippen MR) is 71.4 cm³/mol. The van der Waals surface area contributed by atoms with Crippen LogP contribution in [-0.2, 0) is 4.79 Å². The predicted octanol–water partition coefficient (Wildman–Crippen LogP) is 2.20. The summed E-state index contributed by atoms with van der Waals surface area (Å²) in [5, 5.41) is 11.9. The van der Waals surface area contributed by atoms with E-state index in [0.29, 0.717) is 16.3 Å². The molecular weight excluding hydrogens is 274 g/mol. The fraction of sp³-hybridized carbons (Fsp3) is 0.333. The Morgan fingerprint density at radius 1 is 1.44 bits per heavy atom. The monoisotopic (exact) mass is 285 g/mol. The molecule has 1 amide bonds. The molecule has 0 saturated carbocycles. The normalized spacial score (nSPS) is 15.5. The standard InChI is InChI=1S/C12H12ClNO3S/c1-6(4-15)5-18-10-3-9-7(2-8(10)13)11(16)12(17)14-9/h2-3,6,15H,4-5H2,1H3,(H,14,16,17). The fourth-order valence-corrected chi connectivity index (χ4v) is 2.84. The molecule has 6 heteroatoms. The molecule has 1 atom stereocenters. The Morgan fingerprint density at radius 2 is 2.17 bits per heavy atom. The van der Waals surface area contributed by atoms with Crippen molar-refractivity contribution in [1.82, 2.24) is 0 Å². The summed E-state index contributed by atoms with van der Waals surface area (Å²) < 4.78 is 0. The molecule has 0 aliphatic carbocycles. The molecule has 1 aliphatic heterocycles. The molecule has 0 bridgehead atoms. The van der Waals surface area contributed by atoms with Gasteiger partial charge in [0.2, 0.25) is 0 Å². The minimum absolute atomic E-state index is 0.116. The third-order valence-electron chi connectivity index (χ3n) is 2.61. The van der Waals surface area contributed by atoms with Crippen LogP contribution in [0.5, 0.6) is 0 Å². The fourth-order valence-electron chi connectivity index (χ4n) is 1.54. The molecule has 1 aromatic carbocycles. The number of carbonyl (C=O) groups is 2. The number of amides is 1. The van der Waals surface area contributed by atoms with Crippen LogP contribution in [0, 0.1) is 5.92 Å². The molecule has 0 radical (unpaired) electrons. The zero-order valence-electron chi connectivity index (χ0n) is 9.70. The number of carbonyl (C=O) groups excluding carboxylic acids is 2. The minimum atomic E-state index is -0.619. The highest BCUT2D eigenvalue weighted by Crippen LogP contribution is 2.35. The number of aliphatic hydroxyl groups excluding tert-OH is 1. The summed E-state index contributed by atoms with van der Waals surface area (Å²) in [4.78, 5) is 23.5. The Balaban J connectivity index is 2.22. The van der Waals surface area contributed by atoms with Crippen LogP contribution < -0.4 is 5.32 Å². The summed E-state index contributed by atoms with van der Waals surface area (Å²) in [7, 11) is 0. The molecule has 0 fully saturated rings. The molecule has 1 heterocycles. The van der Waals surface area contributed by atoms with Gasteiger partial charge in [-0.3, -0.25) is 9.59 Å². The Kier molecular flexibility index (Phi) is 3.94. The molecule has 1 aromatic rings. The molecule has 0 spiro atoms. The van der Waals surface area contributed by atoms with Gasteiger partial charge in [0.1, 0.15) is 0 Å². The minimum Gasteiger partial charge on any atom is -0.396 e. The molecule has 0 saturated heterocycles. The number of hydrogen-bond donors (Lipinski definition) is 2. The topological polar surface area (TPSA) is 66.4 Å².